The molecule has 37 heavy (non-hydrogen) atoms. The van der Waals surface area contributed by atoms with E-state index in [9.17, 15) is 4.39 Å². The fraction of sp³-hybridized carbons (Fsp3) is 0.357. The number of H-pyrrole nitrogens is 1. The SMILES string of the molecule is CC(NCC1CC1)c1cnn2c(NC3CCc4[nH]c5ccccc5c4C3)nc(-c3cncc(F)c3)nc12. The maximum atomic E-state index is 14.0. The zero-order valence-corrected chi connectivity index (χ0v) is 20.7. The van der Waals surface area contributed by atoms with Crippen LogP contribution in [0.15, 0.2) is 48.9 Å². The second kappa shape index (κ2) is 8.92. The Morgan fingerprint density at radius 1 is 1.14 bits per heavy atom. The molecule has 2 aliphatic carbocycles. The number of rotatable bonds is 7. The number of aromatic nitrogens is 6. The Hall–Kier alpha value is -3.85. The van der Waals surface area contributed by atoms with Crippen LogP contribution in [0.1, 0.15) is 49.0 Å². The molecule has 0 spiro atoms. The molecular formula is C28H29FN8. The number of aromatic amines is 1. The van der Waals surface area contributed by atoms with Gasteiger partial charge in [-0.3, -0.25) is 4.98 Å². The lowest BCUT2D eigenvalue weighted by Gasteiger charge is -2.24. The van der Waals surface area contributed by atoms with Crippen LogP contribution >= 0.6 is 0 Å². The highest BCUT2D eigenvalue weighted by molar-refractivity contribution is 5.85. The Bertz CT molecular complexity index is 1600. The fourth-order valence-corrected chi connectivity index (χ4v) is 5.41. The topological polar surface area (TPSA) is 95.8 Å². The van der Waals surface area contributed by atoms with Gasteiger partial charge in [-0.1, -0.05) is 18.2 Å². The third-order valence-electron chi connectivity index (χ3n) is 7.66. The third-order valence-corrected chi connectivity index (χ3v) is 7.66. The van der Waals surface area contributed by atoms with Crippen molar-refractivity contribution in [2.24, 2.45) is 5.92 Å². The number of nitrogens with one attached hydrogen (secondary N) is 3. The van der Waals surface area contributed by atoms with Gasteiger partial charge in [0.2, 0.25) is 5.95 Å². The molecule has 2 unspecified atom stereocenters. The molecule has 9 heteroatoms. The molecule has 1 fully saturated rings. The van der Waals surface area contributed by atoms with Gasteiger partial charge in [-0.2, -0.15) is 14.6 Å². The second-order valence-electron chi connectivity index (χ2n) is 10.4. The standard InChI is InChI=1S/C28H29FN8/c1-16(31-12-17-6-7-17)23-15-32-37-27(23)35-26(18-10-19(29)14-30-13-18)36-28(37)33-20-8-9-25-22(11-20)21-4-2-3-5-24(21)34-25/h2-5,10,13-17,20,31,34H,6-9,11-12H2,1H3,(H,33,35,36). The minimum Gasteiger partial charge on any atom is -0.358 e. The maximum Gasteiger partial charge on any atom is 0.228 e. The monoisotopic (exact) mass is 496 g/mol. The summed E-state index contributed by atoms with van der Waals surface area (Å²) in [5.74, 6) is 1.40. The molecular weight excluding hydrogens is 467 g/mol. The Morgan fingerprint density at radius 2 is 2.03 bits per heavy atom. The largest absolute Gasteiger partial charge is 0.358 e. The number of pyridine rings is 1. The molecule has 7 rings (SSSR count). The average Bonchev–Trinajstić information content (AvgIpc) is 3.53. The molecule has 2 aliphatic rings. The number of hydrogen-bond acceptors (Lipinski definition) is 6. The Labute approximate surface area is 213 Å². The Balaban J connectivity index is 1.26. The van der Waals surface area contributed by atoms with Crippen molar-refractivity contribution in [1.82, 2.24) is 34.9 Å². The van der Waals surface area contributed by atoms with Crippen molar-refractivity contribution in [3.8, 4) is 11.4 Å². The van der Waals surface area contributed by atoms with Crippen LogP contribution in [-0.4, -0.2) is 42.1 Å². The predicted octanol–water partition coefficient (Wildman–Crippen LogP) is 4.84. The van der Waals surface area contributed by atoms with Crippen molar-refractivity contribution in [3.63, 3.8) is 0 Å². The molecule has 3 N–H and O–H groups in total. The highest BCUT2D eigenvalue weighted by Crippen LogP contribution is 2.32. The smallest absolute Gasteiger partial charge is 0.228 e. The van der Waals surface area contributed by atoms with E-state index in [1.807, 2.05) is 6.20 Å². The molecule has 1 aromatic carbocycles. The van der Waals surface area contributed by atoms with E-state index >= 15 is 0 Å². The molecule has 5 aromatic rings. The molecule has 4 aromatic heterocycles. The summed E-state index contributed by atoms with van der Waals surface area (Å²) in [6.45, 7) is 3.13. The Morgan fingerprint density at radius 3 is 2.89 bits per heavy atom. The van der Waals surface area contributed by atoms with Gasteiger partial charge in [-0.05, 0) is 69.2 Å². The zero-order valence-electron chi connectivity index (χ0n) is 20.7. The number of halogens is 1. The van der Waals surface area contributed by atoms with Crippen molar-refractivity contribution in [3.05, 3.63) is 71.6 Å². The van der Waals surface area contributed by atoms with E-state index in [0.717, 1.165) is 42.9 Å². The summed E-state index contributed by atoms with van der Waals surface area (Å²) in [5, 5.41) is 13.2. The van der Waals surface area contributed by atoms with Crippen molar-refractivity contribution < 1.29 is 4.39 Å². The van der Waals surface area contributed by atoms with Crippen molar-refractivity contribution in [2.45, 2.75) is 51.1 Å². The summed E-state index contributed by atoms with van der Waals surface area (Å²) >= 11 is 0. The summed E-state index contributed by atoms with van der Waals surface area (Å²) in [6, 6.07) is 10.2. The number of aryl methyl sites for hydroxylation is 1. The highest BCUT2D eigenvalue weighted by atomic mass is 19.1. The van der Waals surface area contributed by atoms with E-state index in [0.29, 0.717) is 17.3 Å². The molecule has 8 nitrogen and oxygen atoms in total. The highest BCUT2D eigenvalue weighted by Gasteiger charge is 2.26. The molecule has 0 bridgehead atoms. The van der Waals surface area contributed by atoms with Crippen molar-refractivity contribution in [2.75, 3.05) is 11.9 Å². The molecule has 0 saturated heterocycles. The van der Waals surface area contributed by atoms with E-state index in [4.69, 9.17) is 9.97 Å². The molecule has 188 valence electrons. The fourth-order valence-electron chi connectivity index (χ4n) is 5.41. The molecule has 1 saturated carbocycles. The van der Waals surface area contributed by atoms with Gasteiger partial charge in [0.15, 0.2) is 11.5 Å². The quantitative estimate of drug-likeness (QED) is 0.299. The van der Waals surface area contributed by atoms with Gasteiger partial charge in [0.1, 0.15) is 5.82 Å². The van der Waals surface area contributed by atoms with Gasteiger partial charge < -0.3 is 15.6 Å². The number of hydrogen-bond donors (Lipinski definition) is 3. The van der Waals surface area contributed by atoms with Crippen molar-refractivity contribution >= 4 is 22.5 Å². The minimum absolute atomic E-state index is 0.0859. The lowest BCUT2D eigenvalue weighted by molar-refractivity contribution is 0.550. The summed E-state index contributed by atoms with van der Waals surface area (Å²) in [4.78, 5) is 17.2. The van der Waals surface area contributed by atoms with E-state index in [1.165, 1.54) is 47.3 Å². The van der Waals surface area contributed by atoms with Gasteiger partial charge in [-0.15, -0.1) is 0 Å². The predicted molar refractivity (Wildman–Crippen MR) is 141 cm³/mol. The Kier molecular flexibility index (Phi) is 5.39. The maximum absolute atomic E-state index is 14.0. The van der Waals surface area contributed by atoms with Gasteiger partial charge in [0.05, 0.1) is 12.4 Å². The van der Waals surface area contributed by atoms with Crippen LogP contribution in [0.3, 0.4) is 0 Å². The summed E-state index contributed by atoms with van der Waals surface area (Å²) in [6.07, 6.45) is 10.1. The first kappa shape index (κ1) is 22.4. The minimum atomic E-state index is -0.414. The normalized spacial score (nSPS) is 18.3. The summed E-state index contributed by atoms with van der Waals surface area (Å²) < 4.78 is 15.8. The van der Waals surface area contributed by atoms with Crippen LogP contribution < -0.4 is 10.6 Å². The second-order valence-corrected chi connectivity index (χ2v) is 10.4. The van der Waals surface area contributed by atoms with E-state index in [-0.39, 0.29) is 12.1 Å². The molecule has 0 radical (unpaired) electrons. The van der Waals surface area contributed by atoms with Gasteiger partial charge in [0.25, 0.3) is 0 Å². The average molecular weight is 497 g/mol. The summed E-state index contributed by atoms with van der Waals surface area (Å²) in [7, 11) is 0. The number of benzene rings is 1. The number of para-hydroxylation sites is 1. The lowest BCUT2D eigenvalue weighted by atomic mass is 9.91. The molecule has 4 heterocycles. The van der Waals surface area contributed by atoms with Crippen LogP contribution in [0.5, 0.6) is 0 Å². The van der Waals surface area contributed by atoms with E-state index in [2.05, 4.69) is 56.9 Å². The van der Waals surface area contributed by atoms with Gasteiger partial charge in [0, 0.05) is 46.0 Å². The lowest BCUT2D eigenvalue weighted by Crippen LogP contribution is -2.29. The molecule has 0 aliphatic heterocycles. The number of anilines is 1. The third kappa shape index (κ3) is 4.23. The van der Waals surface area contributed by atoms with Crippen LogP contribution in [0.2, 0.25) is 0 Å². The first-order valence-electron chi connectivity index (χ1n) is 13.1. The molecule has 0 amide bonds. The van der Waals surface area contributed by atoms with Crippen molar-refractivity contribution in [1.29, 1.82) is 0 Å². The van der Waals surface area contributed by atoms with E-state index in [1.54, 1.807) is 10.7 Å². The van der Waals surface area contributed by atoms with Crippen LogP contribution in [0, 0.1) is 11.7 Å². The number of fused-ring (bicyclic) bond motifs is 4. The zero-order chi connectivity index (χ0) is 24.9. The van der Waals surface area contributed by atoms with Crippen LogP contribution in [0.4, 0.5) is 10.3 Å². The van der Waals surface area contributed by atoms with Gasteiger partial charge in [-0.25, -0.2) is 9.37 Å². The molecule has 2 atom stereocenters. The van der Waals surface area contributed by atoms with Gasteiger partial charge >= 0.3 is 0 Å². The van der Waals surface area contributed by atoms with E-state index < -0.39 is 5.82 Å². The summed E-state index contributed by atoms with van der Waals surface area (Å²) in [5.41, 5.74) is 6.12. The number of nitrogens with zero attached hydrogens (tertiary/aromatic N) is 5. The van der Waals surface area contributed by atoms with Crippen LogP contribution in [-0.2, 0) is 12.8 Å². The first-order valence-corrected chi connectivity index (χ1v) is 13.1. The van der Waals surface area contributed by atoms with Crippen LogP contribution in [0.25, 0.3) is 27.9 Å². The first-order chi connectivity index (χ1) is 18.1.